The van der Waals surface area contributed by atoms with Crippen LogP contribution in [0.1, 0.15) is 18.1 Å². The third kappa shape index (κ3) is 4.90. The molecule has 0 saturated carbocycles. The molecule has 0 saturated heterocycles. The van der Waals surface area contributed by atoms with Crippen LogP contribution in [-0.2, 0) is 17.9 Å². The Labute approximate surface area is 131 Å². The minimum absolute atomic E-state index is 0.0479. The number of methoxy groups -OCH3 is 1. The lowest BCUT2D eigenvalue weighted by Crippen LogP contribution is -2.90. The van der Waals surface area contributed by atoms with Crippen LogP contribution in [0.3, 0.4) is 0 Å². The minimum Gasteiger partial charge on any atom is -0.497 e. The Kier molecular flexibility index (Phi) is 5.98. The molecule has 2 aromatic carbocycles. The average Bonchev–Trinajstić information content (AvgIpc) is 2.58. The SMILES string of the molecule is COc1ccc(CNC(=O)[C@@H](C)[NH2+]Cc2ccccc2)cc1. The van der Waals surface area contributed by atoms with Crippen molar-refractivity contribution in [2.45, 2.75) is 26.1 Å². The number of hydrogen-bond donors (Lipinski definition) is 2. The largest absolute Gasteiger partial charge is 0.497 e. The van der Waals surface area contributed by atoms with Crippen molar-refractivity contribution in [1.82, 2.24) is 5.32 Å². The molecular weight excluding hydrogens is 276 g/mol. The van der Waals surface area contributed by atoms with Gasteiger partial charge < -0.3 is 15.4 Å². The van der Waals surface area contributed by atoms with Crippen molar-refractivity contribution in [1.29, 1.82) is 0 Å². The molecule has 0 aliphatic carbocycles. The molecule has 1 amide bonds. The topological polar surface area (TPSA) is 54.9 Å². The fourth-order valence-electron chi connectivity index (χ4n) is 2.13. The van der Waals surface area contributed by atoms with E-state index in [4.69, 9.17) is 4.74 Å². The number of rotatable bonds is 7. The smallest absolute Gasteiger partial charge is 0.278 e. The predicted octanol–water partition coefficient (Wildman–Crippen LogP) is 1.46. The summed E-state index contributed by atoms with van der Waals surface area (Å²) in [5, 5.41) is 5.00. The Hall–Kier alpha value is -2.33. The first-order valence-corrected chi connectivity index (χ1v) is 7.47. The van der Waals surface area contributed by atoms with Gasteiger partial charge in [0.25, 0.3) is 5.91 Å². The van der Waals surface area contributed by atoms with Crippen LogP contribution in [0, 0.1) is 0 Å². The average molecular weight is 299 g/mol. The Morgan fingerprint density at radius 2 is 1.77 bits per heavy atom. The zero-order chi connectivity index (χ0) is 15.8. The van der Waals surface area contributed by atoms with E-state index in [9.17, 15) is 4.79 Å². The summed E-state index contributed by atoms with van der Waals surface area (Å²) in [6, 6.07) is 17.7. The number of amides is 1. The Bertz CT molecular complexity index is 582. The van der Waals surface area contributed by atoms with Gasteiger partial charge >= 0.3 is 0 Å². The Morgan fingerprint density at radius 1 is 1.09 bits per heavy atom. The summed E-state index contributed by atoms with van der Waals surface area (Å²) >= 11 is 0. The van der Waals surface area contributed by atoms with Crippen LogP contribution in [-0.4, -0.2) is 19.1 Å². The summed E-state index contributed by atoms with van der Waals surface area (Å²) in [7, 11) is 1.64. The lowest BCUT2D eigenvalue weighted by Gasteiger charge is -2.11. The Morgan fingerprint density at radius 3 is 2.41 bits per heavy atom. The fourth-order valence-corrected chi connectivity index (χ4v) is 2.13. The zero-order valence-corrected chi connectivity index (χ0v) is 13.1. The highest BCUT2D eigenvalue weighted by Crippen LogP contribution is 2.10. The maximum absolute atomic E-state index is 12.1. The van der Waals surface area contributed by atoms with Gasteiger partial charge in [-0.2, -0.15) is 0 Å². The first-order valence-electron chi connectivity index (χ1n) is 7.47. The Balaban J connectivity index is 1.76. The minimum atomic E-state index is -0.113. The molecule has 0 heterocycles. The van der Waals surface area contributed by atoms with Gasteiger partial charge in [0.05, 0.1) is 7.11 Å². The van der Waals surface area contributed by atoms with Gasteiger partial charge in [-0.15, -0.1) is 0 Å². The molecular formula is C18H23N2O2+. The second-order valence-corrected chi connectivity index (χ2v) is 5.28. The van der Waals surface area contributed by atoms with Crippen LogP contribution in [0.5, 0.6) is 5.75 Å². The van der Waals surface area contributed by atoms with E-state index in [0.29, 0.717) is 6.54 Å². The van der Waals surface area contributed by atoms with Gasteiger partial charge in [-0.05, 0) is 24.6 Å². The van der Waals surface area contributed by atoms with E-state index >= 15 is 0 Å². The highest BCUT2D eigenvalue weighted by Gasteiger charge is 2.15. The number of nitrogens with two attached hydrogens (primary N) is 1. The van der Waals surface area contributed by atoms with Crippen molar-refractivity contribution in [3.63, 3.8) is 0 Å². The van der Waals surface area contributed by atoms with Crippen LogP contribution in [0.25, 0.3) is 0 Å². The van der Waals surface area contributed by atoms with Crippen molar-refractivity contribution >= 4 is 5.91 Å². The number of quaternary nitrogens is 1. The van der Waals surface area contributed by atoms with Gasteiger partial charge in [0.2, 0.25) is 0 Å². The maximum Gasteiger partial charge on any atom is 0.278 e. The molecule has 0 radical (unpaired) electrons. The molecule has 4 heteroatoms. The molecule has 1 atom stereocenters. The third-order valence-electron chi connectivity index (χ3n) is 3.59. The van der Waals surface area contributed by atoms with Crippen LogP contribution in [0.4, 0.5) is 0 Å². The quantitative estimate of drug-likeness (QED) is 0.813. The summed E-state index contributed by atoms with van der Waals surface area (Å²) < 4.78 is 5.11. The van der Waals surface area contributed by atoms with Crippen molar-refractivity contribution in [3.8, 4) is 5.75 Å². The monoisotopic (exact) mass is 299 g/mol. The highest BCUT2D eigenvalue weighted by atomic mass is 16.5. The molecule has 3 N–H and O–H groups in total. The fraction of sp³-hybridized carbons (Fsp3) is 0.278. The van der Waals surface area contributed by atoms with E-state index in [0.717, 1.165) is 17.9 Å². The van der Waals surface area contributed by atoms with Gasteiger partial charge in [-0.3, -0.25) is 4.79 Å². The molecule has 0 aliphatic rings. The van der Waals surface area contributed by atoms with Crippen LogP contribution >= 0.6 is 0 Å². The highest BCUT2D eigenvalue weighted by molar-refractivity contribution is 5.79. The van der Waals surface area contributed by atoms with Crippen LogP contribution < -0.4 is 15.4 Å². The van der Waals surface area contributed by atoms with E-state index in [1.807, 2.05) is 54.7 Å². The molecule has 4 nitrogen and oxygen atoms in total. The molecule has 0 bridgehead atoms. The lowest BCUT2D eigenvalue weighted by atomic mass is 10.2. The number of carbonyl (C=O) groups is 1. The van der Waals surface area contributed by atoms with E-state index in [1.165, 1.54) is 5.56 Å². The third-order valence-corrected chi connectivity index (χ3v) is 3.59. The van der Waals surface area contributed by atoms with Gasteiger partial charge in [0.1, 0.15) is 12.3 Å². The molecule has 0 fully saturated rings. The summed E-state index contributed by atoms with van der Waals surface area (Å²) in [6.07, 6.45) is 0. The second kappa shape index (κ2) is 8.20. The van der Waals surface area contributed by atoms with Gasteiger partial charge in [0, 0.05) is 12.1 Å². The molecule has 116 valence electrons. The van der Waals surface area contributed by atoms with Gasteiger partial charge in [-0.25, -0.2) is 0 Å². The molecule has 22 heavy (non-hydrogen) atoms. The number of ether oxygens (including phenoxy) is 1. The first-order chi connectivity index (χ1) is 10.7. The first kappa shape index (κ1) is 16.0. The van der Waals surface area contributed by atoms with Crippen molar-refractivity contribution in [3.05, 3.63) is 65.7 Å². The maximum atomic E-state index is 12.1. The molecule has 2 aromatic rings. The summed E-state index contributed by atoms with van der Waals surface area (Å²) in [5.74, 6) is 0.867. The lowest BCUT2D eigenvalue weighted by molar-refractivity contribution is -0.689. The van der Waals surface area contributed by atoms with E-state index in [-0.39, 0.29) is 11.9 Å². The van der Waals surface area contributed by atoms with Crippen molar-refractivity contribution < 1.29 is 14.8 Å². The molecule has 0 spiro atoms. The summed E-state index contributed by atoms with van der Waals surface area (Å²) in [4.78, 5) is 12.1. The van der Waals surface area contributed by atoms with E-state index < -0.39 is 0 Å². The normalized spacial score (nSPS) is 11.7. The molecule has 0 unspecified atom stereocenters. The summed E-state index contributed by atoms with van der Waals surface area (Å²) in [6.45, 7) is 3.26. The van der Waals surface area contributed by atoms with E-state index in [2.05, 4.69) is 17.4 Å². The number of nitrogens with one attached hydrogen (secondary N) is 1. The zero-order valence-electron chi connectivity index (χ0n) is 13.1. The van der Waals surface area contributed by atoms with Crippen molar-refractivity contribution in [2.24, 2.45) is 0 Å². The van der Waals surface area contributed by atoms with Crippen molar-refractivity contribution in [2.75, 3.05) is 7.11 Å². The van der Waals surface area contributed by atoms with Crippen LogP contribution in [0.15, 0.2) is 54.6 Å². The molecule has 0 aliphatic heterocycles. The number of benzene rings is 2. The predicted molar refractivity (Wildman–Crippen MR) is 86.4 cm³/mol. The van der Waals surface area contributed by atoms with Crippen LogP contribution in [0.2, 0.25) is 0 Å². The number of hydrogen-bond acceptors (Lipinski definition) is 2. The summed E-state index contributed by atoms with van der Waals surface area (Å²) in [5.41, 5.74) is 2.28. The van der Waals surface area contributed by atoms with E-state index in [1.54, 1.807) is 7.11 Å². The van der Waals surface area contributed by atoms with Gasteiger partial charge in [0.15, 0.2) is 6.04 Å². The molecule has 2 rings (SSSR count). The second-order valence-electron chi connectivity index (χ2n) is 5.28. The standard InChI is InChI=1S/C18H22N2O2/c1-14(19-12-15-6-4-3-5-7-15)18(21)20-13-16-8-10-17(22-2)11-9-16/h3-11,14,19H,12-13H2,1-2H3,(H,20,21)/p+1/t14-/m1/s1. The van der Waals surface area contributed by atoms with Gasteiger partial charge in [-0.1, -0.05) is 42.5 Å². The number of carbonyl (C=O) groups excluding carboxylic acids is 1. The molecule has 0 aromatic heterocycles.